The molecular weight excluding hydrogens is 216 g/mol. The smallest absolute Gasteiger partial charge is 0.254 e. The zero-order valence-electron chi connectivity index (χ0n) is 9.21. The molecule has 0 saturated heterocycles. The summed E-state index contributed by atoms with van der Waals surface area (Å²) < 4.78 is 1.65. The Hall–Kier alpha value is -2.17. The van der Waals surface area contributed by atoms with E-state index in [1.54, 1.807) is 10.8 Å². The summed E-state index contributed by atoms with van der Waals surface area (Å²) in [5.74, 6) is 0.624. The Morgan fingerprint density at radius 1 is 1.24 bits per heavy atom. The standard InChI is InChI=1S/C12H12N4O/c17-11-4-7-14-12-15-10(5-8-16(11)12)9-3-1-2-6-13-9/h1-4,6-7,10H,5,8H2,(H,14,15). The molecule has 1 atom stereocenters. The molecule has 1 aliphatic rings. The van der Waals surface area contributed by atoms with Crippen molar-refractivity contribution < 1.29 is 0 Å². The van der Waals surface area contributed by atoms with E-state index >= 15 is 0 Å². The van der Waals surface area contributed by atoms with Crippen LogP contribution in [-0.2, 0) is 6.54 Å². The van der Waals surface area contributed by atoms with E-state index in [-0.39, 0.29) is 11.6 Å². The van der Waals surface area contributed by atoms with E-state index in [4.69, 9.17) is 0 Å². The van der Waals surface area contributed by atoms with Gasteiger partial charge in [-0.2, -0.15) is 0 Å². The van der Waals surface area contributed by atoms with Crippen LogP contribution in [0.15, 0.2) is 41.5 Å². The molecule has 86 valence electrons. The van der Waals surface area contributed by atoms with Gasteiger partial charge in [0.1, 0.15) is 0 Å². The van der Waals surface area contributed by atoms with Crippen molar-refractivity contribution >= 4 is 5.95 Å². The average molecular weight is 228 g/mol. The van der Waals surface area contributed by atoms with Gasteiger partial charge in [-0.1, -0.05) is 6.07 Å². The minimum Gasteiger partial charge on any atom is -0.347 e. The Labute approximate surface area is 98.2 Å². The molecule has 0 saturated carbocycles. The van der Waals surface area contributed by atoms with Gasteiger partial charge in [-0.15, -0.1) is 0 Å². The van der Waals surface area contributed by atoms with Gasteiger partial charge in [-0.3, -0.25) is 14.3 Å². The summed E-state index contributed by atoms with van der Waals surface area (Å²) in [5.41, 5.74) is 0.971. The van der Waals surface area contributed by atoms with Crippen molar-refractivity contribution in [2.75, 3.05) is 5.32 Å². The number of anilines is 1. The average Bonchev–Trinajstić information content (AvgIpc) is 2.40. The molecule has 1 unspecified atom stereocenters. The lowest BCUT2D eigenvalue weighted by molar-refractivity contribution is 0.515. The summed E-state index contributed by atoms with van der Waals surface area (Å²) in [5, 5.41) is 3.24. The van der Waals surface area contributed by atoms with Crippen LogP contribution in [0.25, 0.3) is 0 Å². The van der Waals surface area contributed by atoms with Gasteiger partial charge in [0.2, 0.25) is 5.95 Å². The van der Waals surface area contributed by atoms with Gasteiger partial charge < -0.3 is 5.32 Å². The molecule has 0 radical (unpaired) electrons. The number of pyridine rings is 1. The van der Waals surface area contributed by atoms with Crippen LogP contribution in [0.5, 0.6) is 0 Å². The lowest BCUT2D eigenvalue weighted by atomic mass is 10.1. The van der Waals surface area contributed by atoms with Gasteiger partial charge in [-0.05, 0) is 18.6 Å². The number of nitrogens with one attached hydrogen (secondary N) is 1. The predicted octanol–water partition coefficient (Wildman–Crippen LogP) is 1.20. The van der Waals surface area contributed by atoms with Crippen LogP contribution >= 0.6 is 0 Å². The third kappa shape index (κ3) is 1.80. The highest BCUT2D eigenvalue weighted by Gasteiger charge is 2.20. The molecule has 0 spiro atoms. The monoisotopic (exact) mass is 228 g/mol. The topological polar surface area (TPSA) is 59.8 Å². The number of hydrogen-bond acceptors (Lipinski definition) is 4. The maximum absolute atomic E-state index is 11.6. The molecule has 1 aliphatic heterocycles. The fourth-order valence-electron chi connectivity index (χ4n) is 2.06. The lowest BCUT2D eigenvalue weighted by Gasteiger charge is -2.26. The Kier molecular flexibility index (Phi) is 2.36. The van der Waals surface area contributed by atoms with Crippen molar-refractivity contribution in [1.82, 2.24) is 14.5 Å². The fourth-order valence-corrected chi connectivity index (χ4v) is 2.06. The maximum Gasteiger partial charge on any atom is 0.254 e. The molecule has 17 heavy (non-hydrogen) atoms. The SMILES string of the molecule is O=c1ccnc2n1CCC(c1ccccn1)N2. The molecule has 0 aliphatic carbocycles. The van der Waals surface area contributed by atoms with Crippen LogP contribution in [0, 0.1) is 0 Å². The van der Waals surface area contributed by atoms with Crippen LogP contribution in [0.3, 0.4) is 0 Å². The van der Waals surface area contributed by atoms with E-state index in [0.717, 1.165) is 12.1 Å². The quantitative estimate of drug-likeness (QED) is 0.796. The minimum atomic E-state index is -0.0121. The second kappa shape index (κ2) is 4.01. The molecule has 5 heteroatoms. The molecule has 2 aromatic rings. The van der Waals surface area contributed by atoms with Crippen LogP contribution in [0.2, 0.25) is 0 Å². The molecule has 1 N–H and O–H groups in total. The van der Waals surface area contributed by atoms with E-state index < -0.39 is 0 Å². The van der Waals surface area contributed by atoms with Crippen LogP contribution in [0.1, 0.15) is 18.2 Å². The van der Waals surface area contributed by atoms with Gasteiger partial charge in [-0.25, -0.2) is 4.98 Å². The molecule has 0 aromatic carbocycles. The highest BCUT2D eigenvalue weighted by Crippen LogP contribution is 2.24. The third-order valence-corrected chi connectivity index (χ3v) is 2.93. The predicted molar refractivity (Wildman–Crippen MR) is 63.7 cm³/mol. The van der Waals surface area contributed by atoms with E-state index in [1.807, 2.05) is 18.2 Å². The fraction of sp³-hybridized carbons (Fsp3) is 0.250. The molecular formula is C12H12N4O. The molecule has 3 rings (SSSR count). The van der Waals surface area contributed by atoms with Crippen molar-refractivity contribution in [1.29, 1.82) is 0 Å². The van der Waals surface area contributed by atoms with Crippen molar-refractivity contribution in [2.45, 2.75) is 19.0 Å². The first kappa shape index (κ1) is 10.0. The zero-order chi connectivity index (χ0) is 11.7. The molecule has 0 bridgehead atoms. The maximum atomic E-state index is 11.6. The first-order chi connectivity index (χ1) is 8.34. The summed E-state index contributed by atoms with van der Waals surface area (Å²) in [6, 6.07) is 7.44. The van der Waals surface area contributed by atoms with Gasteiger partial charge in [0.15, 0.2) is 0 Å². The van der Waals surface area contributed by atoms with Gasteiger partial charge in [0, 0.05) is 25.0 Å². The number of hydrogen-bond donors (Lipinski definition) is 1. The Bertz CT molecular complexity index is 579. The Balaban J connectivity index is 1.94. The zero-order valence-corrected chi connectivity index (χ0v) is 9.21. The molecule has 3 heterocycles. The summed E-state index contributed by atoms with van der Waals surface area (Å²) in [7, 11) is 0. The number of fused-ring (bicyclic) bond motifs is 1. The minimum absolute atomic E-state index is 0.0121. The van der Waals surface area contributed by atoms with Crippen LogP contribution < -0.4 is 10.9 Å². The van der Waals surface area contributed by atoms with Crippen LogP contribution in [0.4, 0.5) is 5.95 Å². The third-order valence-electron chi connectivity index (χ3n) is 2.93. The van der Waals surface area contributed by atoms with E-state index in [9.17, 15) is 4.79 Å². The summed E-state index contributed by atoms with van der Waals surface area (Å²) in [6.45, 7) is 0.677. The van der Waals surface area contributed by atoms with Crippen molar-refractivity contribution in [3.63, 3.8) is 0 Å². The van der Waals surface area contributed by atoms with Gasteiger partial charge in [0.05, 0.1) is 11.7 Å². The first-order valence-corrected chi connectivity index (χ1v) is 5.58. The summed E-state index contributed by atoms with van der Waals surface area (Å²) in [4.78, 5) is 20.1. The number of nitrogens with zero attached hydrogens (tertiary/aromatic N) is 3. The Morgan fingerprint density at radius 2 is 2.18 bits per heavy atom. The van der Waals surface area contributed by atoms with Gasteiger partial charge >= 0.3 is 0 Å². The molecule has 5 nitrogen and oxygen atoms in total. The first-order valence-electron chi connectivity index (χ1n) is 5.58. The molecule has 0 amide bonds. The van der Waals surface area contributed by atoms with Crippen molar-refractivity contribution in [3.8, 4) is 0 Å². The normalized spacial score (nSPS) is 18.2. The largest absolute Gasteiger partial charge is 0.347 e. The van der Waals surface area contributed by atoms with Crippen molar-refractivity contribution in [2.24, 2.45) is 0 Å². The summed E-state index contributed by atoms with van der Waals surface area (Å²) >= 11 is 0. The highest BCUT2D eigenvalue weighted by molar-refractivity contribution is 5.32. The second-order valence-corrected chi connectivity index (χ2v) is 4.00. The van der Waals surface area contributed by atoms with E-state index in [0.29, 0.717) is 12.5 Å². The Morgan fingerprint density at radius 3 is 3.00 bits per heavy atom. The van der Waals surface area contributed by atoms with Crippen LogP contribution in [-0.4, -0.2) is 14.5 Å². The van der Waals surface area contributed by atoms with Crippen molar-refractivity contribution in [3.05, 3.63) is 52.7 Å². The van der Waals surface area contributed by atoms with E-state index in [1.165, 1.54) is 12.3 Å². The highest BCUT2D eigenvalue weighted by atomic mass is 16.1. The van der Waals surface area contributed by atoms with Gasteiger partial charge in [0.25, 0.3) is 5.56 Å². The summed E-state index contributed by atoms with van der Waals surface area (Å²) in [6.07, 6.45) is 4.15. The molecule has 0 fully saturated rings. The molecule has 2 aromatic heterocycles. The number of rotatable bonds is 1. The lowest BCUT2D eigenvalue weighted by Crippen LogP contribution is -2.31. The van der Waals surface area contributed by atoms with E-state index in [2.05, 4.69) is 15.3 Å². The number of aromatic nitrogens is 3. The second-order valence-electron chi connectivity index (χ2n) is 4.00.